The molecule has 1 fully saturated rings. The van der Waals surface area contributed by atoms with Gasteiger partial charge >= 0.3 is 6.18 Å². The van der Waals surface area contributed by atoms with E-state index in [2.05, 4.69) is 35.4 Å². The quantitative estimate of drug-likeness (QED) is 0.450. The van der Waals surface area contributed by atoms with E-state index in [0.29, 0.717) is 6.54 Å². The first-order chi connectivity index (χ1) is 14.0. The Balaban J connectivity index is 1.46. The van der Waals surface area contributed by atoms with E-state index < -0.39 is 11.7 Å². The molecule has 3 heterocycles. The van der Waals surface area contributed by atoms with Crippen LogP contribution in [0.1, 0.15) is 5.56 Å². The van der Waals surface area contributed by atoms with Crippen molar-refractivity contribution in [2.45, 2.75) is 6.18 Å². The topological polar surface area (TPSA) is 68.7 Å². The lowest BCUT2D eigenvalue weighted by Gasteiger charge is -2.37. The zero-order valence-corrected chi connectivity index (χ0v) is 16.2. The number of nitrogens with zero attached hydrogens (tertiary/aromatic N) is 5. The number of aliphatic imine (C=N–C) groups is 1. The maximum absolute atomic E-state index is 13.0. The number of halogens is 3. The van der Waals surface area contributed by atoms with Gasteiger partial charge in [-0.15, -0.1) is 0 Å². The minimum atomic E-state index is -4.44. The lowest BCUT2D eigenvalue weighted by molar-refractivity contribution is -0.137. The Hall–Kier alpha value is -3.04. The van der Waals surface area contributed by atoms with Gasteiger partial charge in [0.15, 0.2) is 5.96 Å². The molecule has 0 bridgehead atoms. The highest BCUT2D eigenvalue weighted by atomic mass is 19.4. The highest BCUT2D eigenvalue weighted by Gasteiger charge is 2.33. The van der Waals surface area contributed by atoms with Crippen LogP contribution in [0.3, 0.4) is 0 Å². The third-order valence-electron chi connectivity index (χ3n) is 4.58. The summed E-state index contributed by atoms with van der Waals surface area (Å²) in [6.07, 6.45) is -1.32. The molecule has 2 aromatic rings. The van der Waals surface area contributed by atoms with Crippen molar-refractivity contribution in [2.75, 3.05) is 56.5 Å². The molecule has 0 spiro atoms. The van der Waals surface area contributed by atoms with Crippen molar-refractivity contribution in [2.24, 2.45) is 4.99 Å². The van der Waals surface area contributed by atoms with Gasteiger partial charge in [0.05, 0.1) is 5.56 Å². The van der Waals surface area contributed by atoms with Crippen LogP contribution >= 0.6 is 0 Å². The summed E-state index contributed by atoms with van der Waals surface area (Å²) in [6.45, 7) is 3.90. The second-order valence-corrected chi connectivity index (χ2v) is 6.46. The van der Waals surface area contributed by atoms with E-state index in [9.17, 15) is 13.2 Å². The van der Waals surface area contributed by atoms with Gasteiger partial charge in [-0.1, -0.05) is 6.07 Å². The molecule has 7 nitrogen and oxygen atoms in total. The monoisotopic (exact) mass is 407 g/mol. The van der Waals surface area contributed by atoms with Crippen LogP contribution in [-0.2, 0) is 6.18 Å². The lowest BCUT2D eigenvalue weighted by Crippen LogP contribution is -2.53. The van der Waals surface area contributed by atoms with Crippen LogP contribution in [0.2, 0.25) is 0 Å². The zero-order valence-electron chi connectivity index (χ0n) is 16.2. The molecule has 10 heteroatoms. The predicted molar refractivity (Wildman–Crippen MR) is 107 cm³/mol. The Kier molecular flexibility index (Phi) is 6.73. The number of hydrogen-bond donors (Lipinski definition) is 2. The van der Waals surface area contributed by atoms with Gasteiger partial charge in [0.25, 0.3) is 0 Å². The first-order valence-electron chi connectivity index (χ1n) is 9.36. The van der Waals surface area contributed by atoms with Gasteiger partial charge in [-0.25, -0.2) is 9.97 Å². The van der Waals surface area contributed by atoms with Gasteiger partial charge in [0.1, 0.15) is 11.6 Å². The van der Waals surface area contributed by atoms with Crippen molar-refractivity contribution in [3.05, 3.63) is 48.3 Å². The number of alkyl halides is 3. The molecule has 3 rings (SSSR count). The summed E-state index contributed by atoms with van der Waals surface area (Å²) in [6, 6.07) is 8.14. The van der Waals surface area contributed by atoms with Crippen LogP contribution in [-0.4, -0.2) is 67.1 Å². The fourth-order valence-corrected chi connectivity index (χ4v) is 3.15. The van der Waals surface area contributed by atoms with Crippen LogP contribution in [0.5, 0.6) is 0 Å². The number of aromatic nitrogens is 2. The molecule has 1 aliphatic rings. The molecule has 1 aliphatic heterocycles. The number of guanidine groups is 1. The molecular weight excluding hydrogens is 383 g/mol. The molecule has 2 N–H and O–H groups in total. The lowest BCUT2D eigenvalue weighted by atomic mass is 10.2. The first-order valence-corrected chi connectivity index (χ1v) is 9.36. The maximum atomic E-state index is 13.0. The summed E-state index contributed by atoms with van der Waals surface area (Å²) in [5.74, 6) is 1.51. The van der Waals surface area contributed by atoms with Crippen molar-refractivity contribution in [1.29, 1.82) is 0 Å². The summed E-state index contributed by atoms with van der Waals surface area (Å²) >= 11 is 0. The molecule has 0 amide bonds. The average Bonchev–Trinajstić information content (AvgIpc) is 2.74. The Bertz CT molecular complexity index is 803. The summed E-state index contributed by atoms with van der Waals surface area (Å²) in [5.41, 5.74) is -0.768. The Morgan fingerprint density at radius 2 is 1.79 bits per heavy atom. The van der Waals surface area contributed by atoms with E-state index in [0.717, 1.165) is 44.0 Å². The van der Waals surface area contributed by atoms with Gasteiger partial charge in [-0.3, -0.25) is 4.99 Å². The zero-order chi connectivity index (χ0) is 20.7. The minimum absolute atomic E-state index is 0.166. The van der Waals surface area contributed by atoms with Crippen molar-refractivity contribution in [1.82, 2.24) is 20.2 Å². The van der Waals surface area contributed by atoms with E-state index >= 15 is 0 Å². The van der Waals surface area contributed by atoms with Crippen molar-refractivity contribution >= 4 is 17.6 Å². The third-order valence-corrected chi connectivity index (χ3v) is 4.58. The molecule has 156 valence electrons. The standard InChI is InChI=1S/C19H24F3N7/c1-23-18(29-13-11-28(12-14-29)16-6-2-3-7-24-16)27-10-9-26-17-15(19(20,21)22)5-4-8-25-17/h2-8H,9-14H2,1H3,(H,23,27)(H,25,26). The molecule has 0 radical (unpaired) electrons. The Morgan fingerprint density at radius 3 is 2.45 bits per heavy atom. The largest absolute Gasteiger partial charge is 0.419 e. The van der Waals surface area contributed by atoms with Crippen LogP contribution in [0, 0.1) is 0 Å². The van der Waals surface area contributed by atoms with Crippen LogP contribution in [0.15, 0.2) is 47.7 Å². The average molecular weight is 407 g/mol. The van der Waals surface area contributed by atoms with E-state index in [4.69, 9.17) is 0 Å². The number of rotatable bonds is 5. The molecular formula is C19H24F3N7. The minimum Gasteiger partial charge on any atom is -0.368 e. The normalized spacial score (nSPS) is 15.4. The highest BCUT2D eigenvalue weighted by Crippen LogP contribution is 2.33. The number of piperazine rings is 1. The van der Waals surface area contributed by atoms with Crippen LogP contribution in [0.4, 0.5) is 24.8 Å². The van der Waals surface area contributed by atoms with Gasteiger partial charge in [0.2, 0.25) is 0 Å². The van der Waals surface area contributed by atoms with E-state index in [1.165, 1.54) is 12.3 Å². The molecule has 29 heavy (non-hydrogen) atoms. The summed E-state index contributed by atoms with van der Waals surface area (Å²) in [7, 11) is 1.70. The third kappa shape index (κ3) is 5.49. The smallest absolute Gasteiger partial charge is 0.368 e. The Labute approximate surface area is 167 Å². The van der Waals surface area contributed by atoms with Crippen molar-refractivity contribution in [3.63, 3.8) is 0 Å². The predicted octanol–water partition coefficient (Wildman–Crippen LogP) is 2.30. The fraction of sp³-hybridized carbons (Fsp3) is 0.421. The maximum Gasteiger partial charge on any atom is 0.419 e. The summed E-state index contributed by atoms with van der Waals surface area (Å²) < 4.78 is 39.0. The number of pyridine rings is 2. The second-order valence-electron chi connectivity index (χ2n) is 6.46. The van der Waals surface area contributed by atoms with Gasteiger partial charge in [0, 0.05) is 58.7 Å². The van der Waals surface area contributed by atoms with Crippen molar-refractivity contribution in [3.8, 4) is 0 Å². The number of hydrogen-bond acceptors (Lipinski definition) is 5. The molecule has 0 aromatic carbocycles. The second kappa shape index (κ2) is 9.44. The molecule has 2 aromatic heterocycles. The highest BCUT2D eigenvalue weighted by molar-refractivity contribution is 5.80. The molecule has 0 unspecified atom stereocenters. The number of nitrogens with one attached hydrogen (secondary N) is 2. The van der Waals surface area contributed by atoms with Crippen LogP contribution in [0.25, 0.3) is 0 Å². The molecule has 0 saturated carbocycles. The van der Waals surface area contributed by atoms with E-state index in [1.807, 2.05) is 18.2 Å². The molecule has 0 atom stereocenters. The number of anilines is 2. The van der Waals surface area contributed by atoms with Crippen LogP contribution < -0.4 is 15.5 Å². The van der Waals surface area contributed by atoms with Gasteiger partial charge < -0.3 is 20.4 Å². The summed E-state index contributed by atoms with van der Waals surface area (Å²) in [4.78, 5) is 16.8. The van der Waals surface area contributed by atoms with Gasteiger partial charge in [-0.2, -0.15) is 13.2 Å². The van der Waals surface area contributed by atoms with E-state index in [1.54, 1.807) is 13.2 Å². The summed E-state index contributed by atoms with van der Waals surface area (Å²) in [5, 5.41) is 5.94. The molecule has 1 saturated heterocycles. The Morgan fingerprint density at radius 1 is 1.03 bits per heavy atom. The van der Waals surface area contributed by atoms with Crippen molar-refractivity contribution < 1.29 is 13.2 Å². The SMILES string of the molecule is CN=C(NCCNc1ncccc1C(F)(F)F)N1CCN(c2ccccn2)CC1. The fourth-order valence-electron chi connectivity index (χ4n) is 3.15. The first kappa shape index (κ1) is 20.7. The van der Waals surface area contributed by atoms with Gasteiger partial charge in [-0.05, 0) is 24.3 Å². The van der Waals surface area contributed by atoms with E-state index in [-0.39, 0.29) is 12.4 Å². The molecule has 0 aliphatic carbocycles.